The number of piperidine rings is 1. The number of carbonyl (C=O) groups is 3. The Morgan fingerprint density at radius 3 is 2.44 bits per heavy atom. The zero-order valence-electron chi connectivity index (χ0n) is 22.0. The van der Waals surface area contributed by atoms with Crippen molar-refractivity contribution in [3.8, 4) is 22.8 Å². The summed E-state index contributed by atoms with van der Waals surface area (Å²) < 4.78 is 11.8. The number of nitrogens with zero attached hydrogens (tertiary/aromatic N) is 3. The summed E-state index contributed by atoms with van der Waals surface area (Å²) in [4.78, 5) is 45.7. The Morgan fingerprint density at radius 1 is 0.974 bits per heavy atom. The maximum Gasteiger partial charge on any atom is 0.326 e. The van der Waals surface area contributed by atoms with E-state index in [-0.39, 0.29) is 37.6 Å². The molecule has 2 atom stereocenters. The third-order valence-electron chi connectivity index (χ3n) is 7.47. The Bertz CT molecular complexity index is 1360. The number of carbonyl (C=O) groups excluding carboxylic acids is 2. The highest BCUT2D eigenvalue weighted by atomic mass is 16.5. The van der Waals surface area contributed by atoms with Crippen molar-refractivity contribution in [3.05, 3.63) is 54.6 Å². The summed E-state index contributed by atoms with van der Waals surface area (Å²) in [6.45, 7) is 1.58. The van der Waals surface area contributed by atoms with Crippen molar-refractivity contribution in [1.82, 2.24) is 14.8 Å². The quantitative estimate of drug-likeness (QED) is 0.465. The Labute approximate surface area is 227 Å². The summed E-state index contributed by atoms with van der Waals surface area (Å²) in [6.07, 6.45) is 2.78. The van der Waals surface area contributed by atoms with E-state index in [9.17, 15) is 19.5 Å². The number of pyridine rings is 1. The number of carboxylic acids is 1. The lowest BCUT2D eigenvalue weighted by molar-refractivity contribution is -0.148. The summed E-state index contributed by atoms with van der Waals surface area (Å²) in [7, 11) is 1.59. The van der Waals surface area contributed by atoms with Crippen LogP contribution in [0.4, 0.5) is 0 Å². The first-order valence-corrected chi connectivity index (χ1v) is 13.4. The van der Waals surface area contributed by atoms with Crippen molar-refractivity contribution in [3.63, 3.8) is 0 Å². The number of benzene rings is 2. The van der Waals surface area contributed by atoms with Crippen molar-refractivity contribution in [2.24, 2.45) is 0 Å². The number of carboxylic acid groups (broad SMARTS) is 1. The molecule has 2 fully saturated rings. The molecule has 204 valence electrons. The molecule has 9 heteroatoms. The first-order chi connectivity index (χ1) is 18.9. The van der Waals surface area contributed by atoms with Gasteiger partial charge in [0, 0.05) is 55.4 Å². The van der Waals surface area contributed by atoms with Crippen LogP contribution >= 0.6 is 0 Å². The van der Waals surface area contributed by atoms with Crippen LogP contribution < -0.4 is 9.47 Å². The number of methoxy groups -OCH3 is 1. The van der Waals surface area contributed by atoms with Crippen LogP contribution in [0.5, 0.6) is 11.5 Å². The van der Waals surface area contributed by atoms with Crippen LogP contribution in [0.15, 0.2) is 54.6 Å². The normalized spacial score (nSPS) is 19.2. The van der Waals surface area contributed by atoms with Gasteiger partial charge in [-0.3, -0.25) is 9.59 Å². The topological polar surface area (TPSA) is 109 Å². The van der Waals surface area contributed by atoms with Crippen LogP contribution in [0.3, 0.4) is 0 Å². The highest BCUT2D eigenvalue weighted by molar-refractivity contribution is 5.90. The van der Waals surface area contributed by atoms with Crippen LogP contribution in [0.25, 0.3) is 22.2 Å². The highest BCUT2D eigenvalue weighted by Crippen LogP contribution is 2.34. The minimum Gasteiger partial charge on any atom is -0.497 e. The fourth-order valence-electron chi connectivity index (χ4n) is 5.39. The molecule has 2 aliphatic heterocycles. The molecule has 1 unspecified atom stereocenters. The van der Waals surface area contributed by atoms with E-state index in [0.29, 0.717) is 22.7 Å². The van der Waals surface area contributed by atoms with E-state index in [4.69, 9.17) is 14.5 Å². The zero-order valence-corrected chi connectivity index (χ0v) is 22.0. The number of amides is 2. The molecule has 2 saturated heterocycles. The Morgan fingerprint density at radius 2 is 1.72 bits per heavy atom. The Balaban J connectivity index is 1.35. The number of hydrogen-bond donors (Lipinski definition) is 1. The molecule has 39 heavy (non-hydrogen) atoms. The lowest BCUT2D eigenvalue weighted by Gasteiger charge is -2.27. The van der Waals surface area contributed by atoms with Crippen LogP contribution in [-0.2, 0) is 14.4 Å². The van der Waals surface area contributed by atoms with Crippen LogP contribution in [0.2, 0.25) is 0 Å². The minimum absolute atomic E-state index is 0.0119. The molecule has 2 amide bonds. The molecule has 0 spiro atoms. The number of hydrogen-bond acceptors (Lipinski definition) is 6. The summed E-state index contributed by atoms with van der Waals surface area (Å²) in [5.41, 5.74) is 2.31. The van der Waals surface area contributed by atoms with Gasteiger partial charge >= 0.3 is 5.97 Å². The summed E-state index contributed by atoms with van der Waals surface area (Å²) in [5, 5.41) is 10.6. The predicted molar refractivity (Wildman–Crippen MR) is 146 cm³/mol. The van der Waals surface area contributed by atoms with Gasteiger partial charge in [-0.15, -0.1) is 0 Å². The molecule has 0 saturated carbocycles. The van der Waals surface area contributed by atoms with Gasteiger partial charge in [-0.2, -0.15) is 0 Å². The maximum atomic E-state index is 13.1. The molecule has 2 aliphatic rings. The fraction of sp³-hybridized carbons (Fsp3) is 0.400. The molecular formula is C30H33N3O6. The van der Waals surface area contributed by atoms with Crippen molar-refractivity contribution in [2.45, 2.75) is 50.7 Å². The average Bonchev–Trinajstić information content (AvgIpc) is 3.40. The Kier molecular flexibility index (Phi) is 7.95. The van der Waals surface area contributed by atoms with Crippen LogP contribution in [0.1, 0.15) is 38.5 Å². The molecule has 2 aromatic carbocycles. The monoisotopic (exact) mass is 531 g/mol. The van der Waals surface area contributed by atoms with Gasteiger partial charge in [0.05, 0.1) is 24.9 Å². The van der Waals surface area contributed by atoms with Crippen molar-refractivity contribution >= 4 is 28.7 Å². The number of rotatable bonds is 8. The molecule has 0 aliphatic carbocycles. The molecule has 1 aromatic heterocycles. The molecule has 9 nitrogen and oxygen atoms in total. The van der Waals surface area contributed by atoms with E-state index < -0.39 is 18.1 Å². The fourth-order valence-corrected chi connectivity index (χ4v) is 5.39. The maximum absolute atomic E-state index is 13.1. The molecule has 0 radical (unpaired) electrons. The zero-order chi connectivity index (χ0) is 27.4. The average molecular weight is 532 g/mol. The predicted octanol–water partition coefficient (Wildman–Crippen LogP) is 4.14. The minimum atomic E-state index is -1.08. The van der Waals surface area contributed by atoms with Gasteiger partial charge in [0.1, 0.15) is 23.6 Å². The molecule has 5 rings (SSSR count). The summed E-state index contributed by atoms with van der Waals surface area (Å²) >= 11 is 0. The van der Waals surface area contributed by atoms with Crippen molar-refractivity contribution < 1.29 is 29.0 Å². The van der Waals surface area contributed by atoms with Gasteiger partial charge in [0.15, 0.2) is 0 Å². The largest absolute Gasteiger partial charge is 0.497 e. The van der Waals surface area contributed by atoms with Crippen LogP contribution in [0, 0.1) is 0 Å². The molecule has 1 N–H and O–H groups in total. The molecular weight excluding hydrogens is 498 g/mol. The Hall–Kier alpha value is -4.14. The van der Waals surface area contributed by atoms with Crippen molar-refractivity contribution in [1.29, 1.82) is 0 Å². The van der Waals surface area contributed by atoms with Gasteiger partial charge in [-0.05, 0) is 31.4 Å². The summed E-state index contributed by atoms with van der Waals surface area (Å²) in [5.74, 6) is -0.243. The third-order valence-corrected chi connectivity index (χ3v) is 7.47. The van der Waals surface area contributed by atoms with E-state index in [1.165, 1.54) is 4.90 Å². The highest BCUT2D eigenvalue weighted by Gasteiger charge is 2.41. The molecule has 3 heterocycles. The van der Waals surface area contributed by atoms with E-state index in [1.54, 1.807) is 12.0 Å². The molecule has 0 bridgehead atoms. The smallest absolute Gasteiger partial charge is 0.326 e. The van der Waals surface area contributed by atoms with E-state index in [1.807, 2.05) is 54.6 Å². The number of fused-ring (bicyclic) bond motifs is 1. The van der Waals surface area contributed by atoms with Gasteiger partial charge in [-0.25, -0.2) is 9.78 Å². The molecule has 3 aromatic rings. The van der Waals surface area contributed by atoms with E-state index in [0.717, 1.165) is 43.3 Å². The first-order valence-electron chi connectivity index (χ1n) is 13.4. The number of aromatic nitrogens is 1. The van der Waals surface area contributed by atoms with Gasteiger partial charge in [0.25, 0.3) is 0 Å². The lowest BCUT2D eigenvalue weighted by Crippen LogP contribution is -2.41. The first kappa shape index (κ1) is 26.5. The van der Waals surface area contributed by atoms with Gasteiger partial charge in [0.2, 0.25) is 11.8 Å². The number of aliphatic carboxylic acids is 1. The van der Waals surface area contributed by atoms with Gasteiger partial charge < -0.3 is 24.4 Å². The second-order valence-corrected chi connectivity index (χ2v) is 10.1. The second-order valence-electron chi connectivity index (χ2n) is 10.1. The summed E-state index contributed by atoms with van der Waals surface area (Å²) in [6, 6.07) is 16.1. The van der Waals surface area contributed by atoms with E-state index in [2.05, 4.69) is 0 Å². The second kappa shape index (κ2) is 11.7. The number of likely N-dealkylation sites (tertiary alicyclic amines) is 2. The third kappa shape index (κ3) is 5.97. The van der Waals surface area contributed by atoms with Crippen LogP contribution in [-0.4, -0.2) is 76.6 Å². The van der Waals surface area contributed by atoms with E-state index >= 15 is 0 Å². The lowest BCUT2D eigenvalue weighted by atomic mass is 10.1. The van der Waals surface area contributed by atoms with Crippen molar-refractivity contribution in [2.75, 3.05) is 26.7 Å². The standard InChI is InChI=1S/C30H33N3O6/c1-38-21-10-11-23-25(16-21)31-24(20-8-4-2-5-9-20)18-27(23)39-22-17-26(30(36)37)33(19-22)29(35)13-12-28(34)32-14-6-3-7-15-32/h2,4-5,8-11,16,18,22,26H,3,6-7,12-15,17,19H2,1H3,(H,36,37)/t22?,26-/m0/s1. The SMILES string of the molecule is COc1ccc2c(OC3C[C@@H](C(=O)O)N(C(=O)CCC(=O)N4CCCCC4)C3)cc(-c3ccccc3)nc2c1. The van der Waals surface area contributed by atoms with Gasteiger partial charge in [-0.1, -0.05) is 30.3 Å². The number of ether oxygens (including phenoxy) is 2.